The monoisotopic (exact) mass is 522 g/mol. The zero-order chi connectivity index (χ0) is 24.9. The van der Waals surface area contributed by atoms with Crippen LogP contribution in [-0.4, -0.2) is 46.9 Å². The van der Waals surface area contributed by atoms with E-state index in [1.54, 1.807) is 13.0 Å². The van der Waals surface area contributed by atoms with Crippen molar-refractivity contribution < 1.29 is 45.8 Å². The molecule has 0 atom stereocenters. The second-order valence-corrected chi connectivity index (χ2v) is 11.5. The van der Waals surface area contributed by atoms with Gasteiger partial charge in [-0.1, -0.05) is 6.07 Å². The zero-order valence-corrected chi connectivity index (χ0v) is 19.2. The van der Waals surface area contributed by atoms with Crippen LogP contribution in [0.3, 0.4) is 0 Å². The van der Waals surface area contributed by atoms with Gasteiger partial charge in [-0.15, -0.1) is 0 Å². The van der Waals surface area contributed by atoms with Crippen LogP contribution in [0.5, 0.6) is 0 Å². The topological polar surface area (TPSA) is 237 Å². The molecule has 0 fully saturated rings. The summed E-state index contributed by atoms with van der Waals surface area (Å²) in [4.78, 5) is 10.7. The molecule has 0 radical (unpaired) electrons. The van der Waals surface area contributed by atoms with E-state index in [2.05, 4.69) is 5.32 Å². The lowest BCUT2D eigenvalue weighted by Gasteiger charge is -2.29. The number of carbonyl (C=O) groups excluding carboxylic acids is 1. The van der Waals surface area contributed by atoms with Crippen molar-refractivity contribution >= 4 is 60.7 Å². The molecule has 0 aliphatic rings. The molecule has 0 bridgehead atoms. The number of nitrogens with one attached hydrogen (secondary N) is 1. The maximum Gasteiger partial charge on any atom is 0.255 e. The van der Waals surface area contributed by atoms with Crippen molar-refractivity contribution in [3.8, 4) is 0 Å². The SMILES string of the molecule is Cc1ccc(C(=O)Nc2ccc(S(O)(O)O)c3cc(S(O)(O)O)cc(S(O)(O)O)c23)cc1N. The highest BCUT2D eigenvalue weighted by Gasteiger charge is 2.30. The van der Waals surface area contributed by atoms with E-state index < -0.39 is 58.6 Å². The third kappa shape index (κ3) is 5.35. The number of hydrogen-bond donors (Lipinski definition) is 11. The fourth-order valence-electron chi connectivity index (χ4n) is 3.09. The van der Waals surface area contributed by atoms with Gasteiger partial charge in [-0.3, -0.25) is 4.79 Å². The Balaban J connectivity index is 2.32. The van der Waals surface area contributed by atoms with Crippen molar-refractivity contribution in [2.75, 3.05) is 11.1 Å². The molecule has 0 saturated carbocycles. The number of amides is 1. The predicted octanol–water partition coefficient (Wildman–Crippen LogP) is 5.73. The van der Waals surface area contributed by atoms with E-state index in [-0.39, 0.29) is 16.6 Å². The first-order valence-corrected chi connectivity index (χ1v) is 13.3. The zero-order valence-electron chi connectivity index (χ0n) is 16.8. The summed E-state index contributed by atoms with van der Waals surface area (Å²) in [7, 11) is -13.6. The lowest BCUT2D eigenvalue weighted by Crippen LogP contribution is -2.14. The molecule has 0 saturated heterocycles. The lowest BCUT2D eigenvalue weighted by atomic mass is 10.1. The highest BCUT2D eigenvalue weighted by atomic mass is 32.3. The van der Waals surface area contributed by atoms with Gasteiger partial charge in [-0.25, -0.2) is 0 Å². The molecule has 0 aromatic heterocycles. The molecule has 33 heavy (non-hydrogen) atoms. The number of anilines is 2. The van der Waals surface area contributed by atoms with Crippen molar-refractivity contribution in [1.29, 1.82) is 0 Å². The number of fused-ring (bicyclic) bond motifs is 1. The van der Waals surface area contributed by atoms with Crippen molar-refractivity contribution in [3.63, 3.8) is 0 Å². The van der Waals surface area contributed by atoms with Crippen LogP contribution in [0.15, 0.2) is 57.2 Å². The molecule has 15 heteroatoms. The minimum absolute atomic E-state index is 0.125. The van der Waals surface area contributed by atoms with Crippen molar-refractivity contribution in [1.82, 2.24) is 0 Å². The molecule has 0 spiro atoms. The van der Waals surface area contributed by atoms with Gasteiger partial charge in [0, 0.05) is 22.0 Å². The van der Waals surface area contributed by atoms with Crippen molar-refractivity contribution in [2.24, 2.45) is 0 Å². The Labute approximate surface area is 192 Å². The quantitative estimate of drug-likeness (QED) is 0.181. The first-order chi connectivity index (χ1) is 15.0. The van der Waals surface area contributed by atoms with Crippen molar-refractivity contribution in [3.05, 3.63) is 53.6 Å². The third-order valence-electron chi connectivity index (χ3n) is 4.71. The second kappa shape index (κ2) is 8.58. The number of hydrogen-bond acceptors (Lipinski definition) is 11. The minimum atomic E-state index is -4.64. The van der Waals surface area contributed by atoms with Gasteiger partial charge in [0.1, 0.15) is 32.6 Å². The highest BCUT2D eigenvalue weighted by Crippen LogP contribution is 2.57. The van der Waals surface area contributed by atoms with Crippen LogP contribution < -0.4 is 11.1 Å². The second-order valence-electron chi connectivity index (χ2n) is 7.04. The fourth-order valence-corrected chi connectivity index (χ4v) is 5.20. The Kier molecular flexibility index (Phi) is 6.63. The lowest BCUT2D eigenvalue weighted by molar-refractivity contribution is 0.102. The van der Waals surface area contributed by atoms with Gasteiger partial charge in [-0.05, 0) is 48.9 Å². The number of nitrogens with two attached hydrogens (primary N) is 1. The van der Waals surface area contributed by atoms with E-state index in [0.717, 1.165) is 23.8 Å². The minimum Gasteiger partial charge on any atom is -0.398 e. The summed E-state index contributed by atoms with van der Waals surface area (Å²) in [6.07, 6.45) is 0. The predicted molar refractivity (Wildman–Crippen MR) is 129 cm³/mol. The average molecular weight is 523 g/mol. The Hall–Kier alpha value is -2.12. The standard InChI is InChI=1S/C18H22N2O10S3/c1-9-2-3-10(6-13(9)19)18(21)20-14-4-5-15(32(25,26)27)12-7-11(31(22,23)24)8-16(17(12)14)33(28,29)30/h2-8,22-30H,19H2,1H3,(H,20,21). The summed E-state index contributed by atoms with van der Waals surface area (Å²) >= 11 is 0. The molecular formula is C18H22N2O10S3. The van der Waals surface area contributed by atoms with Crippen LogP contribution in [0.25, 0.3) is 10.8 Å². The Morgan fingerprint density at radius 1 is 0.788 bits per heavy atom. The third-order valence-corrected chi connectivity index (χ3v) is 7.43. The van der Waals surface area contributed by atoms with E-state index in [9.17, 15) is 45.8 Å². The molecule has 0 aliphatic carbocycles. The molecule has 12 nitrogen and oxygen atoms in total. The van der Waals surface area contributed by atoms with Crippen LogP contribution in [0.1, 0.15) is 15.9 Å². The maximum absolute atomic E-state index is 12.8. The van der Waals surface area contributed by atoms with E-state index >= 15 is 0 Å². The van der Waals surface area contributed by atoms with Crippen LogP contribution in [0.4, 0.5) is 11.4 Å². The summed E-state index contributed by atoms with van der Waals surface area (Å²) in [5, 5.41) is 1.67. The largest absolute Gasteiger partial charge is 0.398 e. The van der Waals surface area contributed by atoms with Gasteiger partial charge in [0.05, 0.1) is 20.4 Å². The number of rotatable bonds is 5. The highest BCUT2D eigenvalue weighted by molar-refractivity contribution is 8.20. The van der Waals surface area contributed by atoms with Crippen LogP contribution in [-0.2, 0) is 0 Å². The van der Waals surface area contributed by atoms with E-state index in [4.69, 9.17) is 5.73 Å². The average Bonchev–Trinajstić information content (AvgIpc) is 2.66. The number of carbonyl (C=O) groups is 1. The van der Waals surface area contributed by atoms with Crippen molar-refractivity contribution in [2.45, 2.75) is 21.6 Å². The molecule has 1 amide bonds. The van der Waals surface area contributed by atoms with Gasteiger partial charge in [-0.2, -0.15) is 0 Å². The summed E-state index contributed by atoms with van der Waals surface area (Å²) < 4.78 is 88.2. The number of nitrogen functional groups attached to an aromatic ring is 1. The van der Waals surface area contributed by atoms with E-state index in [1.165, 1.54) is 12.1 Å². The van der Waals surface area contributed by atoms with Gasteiger partial charge in [0.15, 0.2) is 0 Å². The van der Waals surface area contributed by atoms with E-state index in [0.29, 0.717) is 11.8 Å². The summed E-state index contributed by atoms with van der Waals surface area (Å²) in [6, 6.07) is 8.05. The first kappa shape index (κ1) is 25.5. The molecule has 3 aromatic carbocycles. The van der Waals surface area contributed by atoms with Crippen LogP contribution in [0.2, 0.25) is 0 Å². The molecule has 3 rings (SSSR count). The fraction of sp³-hybridized carbons (Fsp3) is 0.0556. The summed E-state index contributed by atoms with van der Waals surface area (Å²) in [5.41, 5.74) is 6.83. The molecule has 0 heterocycles. The molecule has 182 valence electrons. The van der Waals surface area contributed by atoms with Crippen LogP contribution in [0, 0.1) is 6.92 Å². The first-order valence-electron chi connectivity index (χ1n) is 8.80. The molecule has 3 aromatic rings. The Bertz CT molecular complexity index is 1250. The van der Waals surface area contributed by atoms with Gasteiger partial charge in [0.25, 0.3) is 5.91 Å². The van der Waals surface area contributed by atoms with Gasteiger partial charge in [0.2, 0.25) is 0 Å². The molecular weight excluding hydrogens is 500 g/mol. The molecule has 0 unspecified atom stereocenters. The number of benzene rings is 3. The maximum atomic E-state index is 12.8. The molecule has 0 aliphatic heterocycles. The number of aryl methyl sites for hydroxylation is 1. The Morgan fingerprint density at radius 3 is 1.91 bits per heavy atom. The van der Waals surface area contributed by atoms with Gasteiger partial charge < -0.3 is 52.0 Å². The summed E-state index contributed by atoms with van der Waals surface area (Å²) in [6.45, 7) is 1.73. The van der Waals surface area contributed by atoms with Crippen LogP contribution >= 0.6 is 32.6 Å². The summed E-state index contributed by atoms with van der Waals surface area (Å²) in [5.74, 6) is -0.706. The smallest absolute Gasteiger partial charge is 0.255 e. The van der Waals surface area contributed by atoms with Gasteiger partial charge >= 0.3 is 0 Å². The Morgan fingerprint density at radius 2 is 1.39 bits per heavy atom. The molecule has 12 N–H and O–H groups in total. The normalized spacial score (nSPS) is 14.2. The van der Waals surface area contributed by atoms with E-state index in [1.807, 2.05) is 0 Å².